The Hall–Kier alpha value is -2.29. The fraction of sp³-hybridized carbons (Fsp3) is 0.435. The normalized spacial score (nSPS) is 15.6. The van der Waals surface area contributed by atoms with Crippen molar-refractivity contribution in [3.8, 4) is 0 Å². The van der Waals surface area contributed by atoms with Crippen LogP contribution in [0.2, 0.25) is 0 Å². The number of nitrogens with zero attached hydrogens (tertiary/aromatic N) is 1. The van der Waals surface area contributed by atoms with E-state index in [9.17, 15) is 4.79 Å². The molecule has 1 N–H and O–H groups in total. The smallest absolute Gasteiger partial charge is 0.230 e. The number of nitrogens with one attached hydrogen (secondary N) is 1. The Balaban J connectivity index is 1.68. The number of carbonyl (C=O) groups excluding carboxylic acids is 1. The number of rotatable bonds is 7. The maximum Gasteiger partial charge on any atom is 0.230 e. The van der Waals surface area contributed by atoms with Crippen molar-refractivity contribution in [2.45, 2.75) is 51.5 Å². The standard InChI is InChI=1S/C23H30N2O/c1-3-25(4-2)21-14-12-19(13-15-21)18-24-22(26)23(16-8-9-17-23)20-10-6-5-7-11-20/h5-7,10-15H,3-4,8-9,16-18H2,1-2H3,(H,24,26). The third kappa shape index (κ3) is 3.77. The van der Waals surface area contributed by atoms with E-state index in [1.165, 1.54) is 5.69 Å². The third-order valence-electron chi connectivity index (χ3n) is 5.74. The number of benzene rings is 2. The van der Waals surface area contributed by atoms with Crippen LogP contribution in [0.3, 0.4) is 0 Å². The predicted molar refractivity (Wildman–Crippen MR) is 108 cm³/mol. The molecule has 1 fully saturated rings. The van der Waals surface area contributed by atoms with E-state index in [4.69, 9.17) is 0 Å². The van der Waals surface area contributed by atoms with E-state index in [-0.39, 0.29) is 11.3 Å². The van der Waals surface area contributed by atoms with Crippen LogP contribution in [0.4, 0.5) is 5.69 Å². The molecule has 1 aliphatic carbocycles. The molecular weight excluding hydrogens is 320 g/mol. The van der Waals surface area contributed by atoms with Gasteiger partial charge in [-0.1, -0.05) is 55.3 Å². The Labute approximate surface area is 157 Å². The number of anilines is 1. The molecule has 0 bridgehead atoms. The van der Waals surface area contributed by atoms with Gasteiger partial charge < -0.3 is 10.2 Å². The molecule has 1 saturated carbocycles. The van der Waals surface area contributed by atoms with Crippen molar-refractivity contribution < 1.29 is 4.79 Å². The number of hydrogen-bond donors (Lipinski definition) is 1. The Bertz CT molecular complexity index is 699. The average molecular weight is 351 g/mol. The van der Waals surface area contributed by atoms with Crippen LogP contribution >= 0.6 is 0 Å². The highest BCUT2D eigenvalue weighted by atomic mass is 16.2. The largest absolute Gasteiger partial charge is 0.372 e. The zero-order valence-corrected chi connectivity index (χ0v) is 16.0. The first kappa shape index (κ1) is 18.5. The minimum Gasteiger partial charge on any atom is -0.372 e. The van der Waals surface area contributed by atoms with Crippen LogP contribution in [0, 0.1) is 0 Å². The van der Waals surface area contributed by atoms with Gasteiger partial charge >= 0.3 is 0 Å². The summed E-state index contributed by atoms with van der Waals surface area (Å²) in [6.07, 6.45) is 4.15. The molecule has 0 spiro atoms. The van der Waals surface area contributed by atoms with Gasteiger partial charge in [0.1, 0.15) is 0 Å². The number of hydrogen-bond acceptors (Lipinski definition) is 2. The summed E-state index contributed by atoms with van der Waals surface area (Å²) in [5, 5.41) is 3.20. The van der Waals surface area contributed by atoms with Crippen molar-refractivity contribution in [2.24, 2.45) is 0 Å². The molecule has 3 nitrogen and oxygen atoms in total. The summed E-state index contributed by atoms with van der Waals surface area (Å²) >= 11 is 0. The topological polar surface area (TPSA) is 32.3 Å². The van der Waals surface area contributed by atoms with Gasteiger partial charge in [-0.2, -0.15) is 0 Å². The van der Waals surface area contributed by atoms with Gasteiger partial charge in [0.25, 0.3) is 0 Å². The van der Waals surface area contributed by atoms with E-state index >= 15 is 0 Å². The molecule has 0 heterocycles. The Morgan fingerprint density at radius 1 is 0.962 bits per heavy atom. The summed E-state index contributed by atoms with van der Waals surface area (Å²) in [6, 6.07) is 18.8. The van der Waals surface area contributed by atoms with E-state index in [2.05, 4.69) is 60.5 Å². The molecule has 1 amide bonds. The molecule has 2 aromatic rings. The van der Waals surface area contributed by atoms with Crippen molar-refractivity contribution in [1.29, 1.82) is 0 Å². The highest BCUT2D eigenvalue weighted by Crippen LogP contribution is 2.41. The monoisotopic (exact) mass is 350 g/mol. The van der Waals surface area contributed by atoms with Gasteiger partial charge in [-0.15, -0.1) is 0 Å². The molecule has 0 saturated heterocycles. The summed E-state index contributed by atoms with van der Waals surface area (Å²) < 4.78 is 0. The first-order valence-corrected chi connectivity index (χ1v) is 9.87. The average Bonchev–Trinajstić information content (AvgIpc) is 3.20. The molecule has 138 valence electrons. The highest BCUT2D eigenvalue weighted by molar-refractivity contribution is 5.88. The number of carbonyl (C=O) groups is 1. The van der Waals surface area contributed by atoms with Gasteiger partial charge in [-0.3, -0.25) is 4.79 Å². The lowest BCUT2D eigenvalue weighted by molar-refractivity contribution is -0.126. The molecule has 0 aromatic heterocycles. The molecule has 0 aliphatic heterocycles. The highest BCUT2D eigenvalue weighted by Gasteiger charge is 2.42. The Morgan fingerprint density at radius 3 is 2.15 bits per heavy atom. The van der Waals surface area contributed by atoms with Gasteiger partial charge in [0.05, 0.1) is 5.41 Å². The number of amides is 1. The summed E-state index contributed by atoms with van der Waals surface area (Å²) in [4.78, 5) is 15.4. The molecule has 3 rings (SSSR count). The lowest BCUT2D eigenvalue weighted by atomic mass is 9.78. The lowest BCUT2D eigenvalue weighted by Crippen LogP contribution is -2.42. The van der Waals surface area contributed by atoms with Crippen molar-refractivity contribution in [1.82, 2.24) is 5.32 Å². The quantitative estimate of drug-likeness (QED) is 0.787. The van der Waals surface area contributed by atoms with Gasteiger partial charge in [-0.25, -0.2) is 0 Å². The van der Waals surface area contributed by atoms with Crippen molar-refractivity contribution in [2.75, 3.05) is 18.0 Å². The van der Waals surface area contributed by atoms with Gasteiger partial charge in [0.2, 0.25) is 5.91 Å². The summed E-state index contributed by atoms with van der Waals surface area (Å²) in [7, 11) is 0. The maximum absolute atomic E-state index is 13.1. The maximum atomic E-state index is 13.1. The van der Waals surface area contributed by atoms with Crippen LogP contribution in [-0.4, -0.2) is 19.0 Å². The van der Waals surface area contributed by atoms with Gasteiger partial charge in [-0.05, 0) is 49.9 Å². The second kappa shape index (κ2) is 8.39. The first-order chi connectivity index (χ1) is 12.7. The van der Waals surface area contributed by atoms with E-state index in [1.807, 2.05) is 18.2 Å². The van der Waals surface area contributed by atoms with E-state index in [0.29, 0.717) is 6.54 Å². The van der Waals surface area contributed by atoms with Crippen LogP contribution in [0.1, 0.15) is 50.7 Å². The minimum atomic E-state index is -0.345. The molecule has 3 heteroatoms. The van der Waals surface area contributed by atoms with E-state index in [0.717, 1.165) is 49.9 Å². The van der Waals surface area contributed by atoms with Crippen LogP contribution in [0.25, 0.3) is 0 Å². The van der Waals surface area contributed by atoms with Crippen LogP contribution in [0.15, 0.2) is 54.6 Å². The van der Waals surface area contributed by atoms with Crippen LogP contribution in [-0.2, 0) is 16.8 Å². The zero-order valence-electron chi connectivity index (χ0n) is 16.0. The summed E-state index contributed by atoms with van der Waals surface area (Å²) in [6.45, 7) is 6.94. The van der Waals surface area contributed by atoms with E-state index < -0.39 is 0 Å². The fourth-order valence-corrected chi connectivity index (χ4v) is 4.15. The van der Waals surface area contributed by atoms with Crippen LogP contribution in [0.5, 0.6) is 0 Å². The molecule has 2 aromatic carbocycles. The predicted octanol–water partition coefficient (Wildman–Crippen LogP) is 4.66. The molecule has 0 atom stereocenters. The SMILES string of the molecule is CCN(CC)c1ccc(CNC(=O)C2(c3ccccc3)CCCC2)cc1. The van der Waals surface area contributed by atoms with Crippen molar-refractivity contribution in [3.63, 3.8) is 0 Å². The minimum absolute atomic E-state index is 0.175. The van der Waals surface area contributed by atoms with Crippen molar-refractivity contribution >= 4 is 11.6 Å². The third-order valence-corrected chi connectivity index (χ3v) is 5.74. The molecule has 0 unspecified atom stereocenters. The summed E-state index contributed by atoms with van der Waals surface area (Å²) in [5.74, 6) is 0.175. The summed E-state index contributed by atoms with van der Waals surface area (Å²) in [5.41, 5.74) is 3.20. The van der Waals surface area contributed by atoms with E-state index in [1.54, 1.807) is 0 Å². The zero-order chi connectivity index (χ0) is 18.4. The second-order valence-corrected chi connectivity index (χ2v) is 7.18. The lowest BCUT2D eigenvalue weighted by Gasteiger charge is -2.28. The molecule has 0 radical (unpaired) electrons. The Kier molecular flexibility index (Phi) is 5.97. The second-order valence-electron chi connectivity index (χ2n) is 7.18. The molecule has 26 heavy (non-hydrogen) atoms. The van der Waals surface area contributed by atoms with Gasteiger partial charge in [0, 0.05) is 25.3 Å². The fourth-order valence-electron chi connectivity index (χ4n) is 4.15. The van der Waals surface area contributed by atoms with Gasteiger partial charge in [0.15, 0.2) is 0 Å². The Morgan fingerprint density at radius 2 is 1.58 bits per heavy atom. The first-order valence-electron chi connectivity index (χ1n) is 9.87. The van der Waals surface area contributed by atoms with Crippen molar-refractivity contribution in [3.05, 3.63) is 65.7 Å². The molecule has 1 aliphatic rings. The van der Waals surface area contributed by atoms with Crippen LogP contribution < -0.4 is 10.2 Å². The molecular formula is C23H30N2O.